The first-order valence-electron chi connectivity index (χ1n) is 8.62. The second kappa shape index (κ2) is 8.81. The van der Waals surface area contributed by atoms with Gasteiger partial charge in [-0.1, -0.05) is 12.1 Å². The Balaban J connectivity index is 1.53. The standard InChI is InChI=1S/C20H19N3O5/c1-27-16-8-6-15(7-9-16)21-19(25)14-4-2-13(3-5-14)12-28-20(26)17-10-11-18(24)23-22-17/h2-9H,10-12H2,1H3,(H,21,25)(H,23,24). The fourth-order valence-electron chi connectivity index (χ4n) is 2.48. The second-order valence-corrected chi connectivity index (χ2v) is 6.05. The highest BCUT2D eigenvalue weighted by molar-refractivity contribution is 6.37. The first-order valence-corrected chi connectivity index (χ1v) is 8.62. The third-order valence-electron chi connectivity index (χ3n) is 4.07. The van der Waals surface area contributed by atoms with E-state index < -0.39 is 5.97 Å². The van der Waals surface area contributed by atoms with E-state index in [-0.39, 0.29) is 37.0 Å². The molecular weight excluding hydrogens is 362 g/mol. The van der Waals surface area contributed by atoms with Crippen molar-refractivity contribution in [2.75, 3.05) is 12.4 Å². The predicted molar refractivity (Wildman–Crippen MR) is 102 cm³/mol. The number of rotatable bonds is 6. The molecule has 0 bridgehead atoms. The molecule has 0 spiro atoms. The maximum Gasteiger partial charge on any atom is 0.354 e. The van der Waals surface area contributed by atoms with Crippen molar-refractivity contribution >= 4 is 29.2 Å². The molecule has 1 aliphatic heterocycles. The lowest BCUT2D eigenvalue weighted by molar-refractivity contribution is -0.137. The minimum atomic E-state index is -0.568. The van der Waals surface area contributed by atoms with Crippen molar-refractivity contribution in [2.45, 2.75) is 19.4 Å². The zero-order valence-corrected chi connectivity index (χ0v) is 15.2. The Labute approximate surface area is 161 Å². The Morgan fingerprint density at radius 2 is 1.79 bits per heavy atom. The normalized spacial score (nSPS) is 13.2. The van der Waals surface area contributed by atoms with Gasteiger partial charge >= 0.3 is 5.97 Å². The molecule has 0 fully saturated rings. The zero-order chi connectivity index (χ0) is 19.9. The van der Waals surface area contributed by atoms with E-state index in [0.29, 0.717) is 17.0 Å². The molecule has 2 N–H and O–H groups in total. The van der Waals surface area contributed by atoms with Crippen LogP contribution in [-0.2, 0) is 20.9 Å². The van der Waals surface area contributed by atoms with E-state index in [4.69, 9.17) is 9.47 Å². The maximum atomic E-state index is 12.3. The number of esters is 1. The van der Waals surface area contributed by atoms with E-state index >= 15 is 0 Å². The van der Waals surface area contributed by atoms with Gasteiger partial charge in [-0.3, -0.25) is 9.59 Å². The van der Waals surface area contributed by atoms with Gasteiger partial charge in [-0.15, -0.1) is 0 Å². The molecule has 144 valence electrons. The first-order chi connectivity index (χ1) is 13.5. The van der Waals surface area contributed by atoms with Crippen LogP contribution in [-0.4, -0.2) is 30.6 Å². The van der Waals surface area contributed by atoms with E-state index in [9.17, 15) is 14.4 Å². The maximum absolute atomic E-state index is 12.3. The lowest BCUT2D eigenvalue weighted by atomic mass is 10.1. The predicted octanol–water partition coefficient (Wildman–Crippen LogP) is 2.26. The van der Waals surface area contributed by atoms with Gasteiger partial charge in [0.1, 0.15) is 18.1 Å². The Hall–Kier alpha value is -3.68. The van der Waals surface area contributed by atoms with Gasteiger partial charge in [0.25, 0.3) is 5.91 Å². The van der Waals surface area contributed by atoms with Gasteiger partial charge in [-0.2, -0.15) is 5.10 Å². The molecule has 2 aromatic rings. The third-order valence-corrected chi connectivity index (χ3v) is 4.07. The number of anilines is 1. The molecule has 0 radical (unpaired) electrons. The third kappa shape index (κ3) is 4.94. The number of hydrogen-bond acceptors (Lipinski definition) is 6. The summed E-state index contributed by atoms with van der Waals surface area (Å²) in [5.41, 5.74) is 4.31. The first kappa shape index (κ1) is 19.1. The van der Waals surface area contributed by atoms with Crippen molar-refractivity contribution in [1.82, 2.24) is 5.43 Å². The van der Waals surface area contributed by atoms with Crippen LogP contribution in [0.15, 0.2) is 53.6 Å². The summed E-state index contributed by atoms with van der Waals surface area (Å²) in [6, 6.07) is 13.7. The fraction of sp³-hybridized carbons (Fsp3) is 0.200. The summed E-state index contributed by atoms with van der Waals surface area (Å²) in [6.45, 7) is 0.0478. The van der Waals surface area contributed by atoms with Crippen LogP contribution in [0.2, 0.25) is 0 Å². The summed E-state index contributed by atoms with van der Waals surface area (Å²) < 4.78 is 10.3. The molecule has 3 rings (SSSR count). The van der Waals surface area contributed by atoms with E-state index in [2.05, 4.69) is 15.8 Å². The summed E-state index contributed by atoms with van der Waals surface area (Å²) >= 11 is 0. The number of hydrazone groups is 1. The number of amides is 2. The molecule has 1 aliphatic rings. The summed E-state index contributed by atoms with van der Waals surface area (Å²) in [6.07, 6.45) is 0.473. The molecule has 2 amide bonds. The van der Waals surface area contributed by atoms with Crippen LogP contribution >= 0.6 is 0 Å². The van der Waals surface area contributed by atoms with Crippen LogP contribution in [0.4, 0.5) is 5.69 Å². The molecule has 0 unspecified atom stereocenters. The van der Waals surface area contributed by atoms with Crippen molar-refractivity contribution in [3.05, 3.63) is 59.7 Å². The molecule has 8 nitrogen and oxygen atoms in total. The molecule has 0 aliphatic carbocycles. The molecule has 1 heterocycles. The highest BCUT2D eigenvalue weighted by Gasteiger charge is 2.19. The van der Waals surface area contributed by atoms with Crippen molar-refractivity contribution in [1.29, 1.82) is 0 Å². The Morgan fingerprint density at radius 1 is 1.07 bits per heavy atom. The van der Waals surface area contributed by atoms with Gasteiger partial charge in [0.05, 0.1) is 7.11 Å². The van der Waals surface area contributed by atoms with Gasteiger partial charge in [-0.05, 0) is 42.0 Å². The van der Waals surface area contributed by atoms with Crippen molar-refractivity contribution in [3.63, 3.8) is 0 Å². The highest BCUT2D eigenvalue weighted by atomic mass is 16.5. The average molecular weight is 381 g/mol. The molecule has 8 heteroatoms. The van der Waals surface area contributed by atoms with Crippen LogP contribution in [0, 0.1) is 0 Å². The Bertz CT molecular complexity index is 904. The lowest BCUT2D eigenvalue weighted by Gasteiger charge is -2.11. The smallest absolute Gasteiger partial charge is 0.354 e. The number of benzene rings is 2. The summed E-state index contributed by atoms with van der Waals surface area (Å²) in [5.74, 6) is -0.333. The van der Waals surface area contributed by atoms with Crippen LogP contribution in [0.3, 0.4) is 0 Å². The zero-order valence-electron chi connectivity index (χ0n) is 15.2. The fourth-order valence-corrected chi connectivity index (χ4v) is 2.48. The molecule has 0 atom stereocenters. The minimum Gasteiger partial charge on any atom is -0.497 e. The highest BCUT2D eigenvalue weighted by Crippen LogP contribution is 2.16. The van der Waals surface area contributed by atoms with Gasteiger partial charge < -0.3 is 14.8 Å². The monoisotopic (exact) mass is 381 g/mol. The summed E-state index contributed by atoms with van der Waals surface area (Å²) in [7, 11) is 1.58. The molecule has 0 aromatic heterocycles. The Kier molecular flexibility index (Phi) is 6.01. The van der Waals surface area contributed by atoms with Crippen molar-refractivity contribution in [3.8, 4) is 5.75 Å². The van der Waals surface area contributed by atoms with Gasteiger partial charge in [-0.25, -0.2) is 10.2 Å². The lowest BCUT2D eigenvalue weighted by Crippen LogP contribution is -2.30. The number of methoxy groups -OCH3 is 1. The molecule has 0 saturated heterocycles. The number of carbonyl (C=O) groups is 3. The minimum absolute atomic E-state index is 0.0478. The van der Waals surface area contributed by atoms with E-state index in [1.807, 2.05) is 0 Å². The Morgan fingerprint density at radius 3 is 2.39 bits per heavy atom. The number of carbonyl (C=O) groups excluding carboxylic acids is 3. The number of nitrogens with one attached hydrogen (secondary N) is 2. The van der Waals surface area contributed by atoms with Gasteiger partial charge in [0.2, 0.25) is 5.91 Å². The molecular formula is C20H19N3O5. The molecule has 2 aromatic carbocycles. The topological polar surface area (TPSA) is 106 Å². The van der Waals surface area contributed by atoms with E-state index in [0.717, 1.165) is 5.56 Å². The summed E-state index contributed by atoms with van der Waals surface area (Å²) in [4.78, 5) is 35.3. The molecule has 0 saturated carbocycles. The molecule has 28 heavy (non-hydrogen) atoms. The van der Waals surface area contributed by atoms with Crippen LogP contribution in [0.25, 0.3) is 0 Å². The van der Waals surface area contributed by atoms with E-state index in [1.54, 1.807) is 55.6 Å². The number of hydrogen-bond donors (Lipinski definition) is 2. The van der Waals surface area contributed by atoms with Gasteiger partial charge in [0.15, 0.2) is 0 Å². The number of nitrogens with zero attached hydrogens (tertiary/aromatic N) is 1. The SMILES string of the molecule is COc1ccc(NC(=O)c2ccc(COC(=O)C3=NNC(=O)CC3)cc2)cc1. The summed E-state index contributed by atoms with van der Waals surface area (Å²) in [5, 5.41) is 6.49. The number of ether oxygens (including phenoxy) is 2. The largest absolute Gasteiger partial charge is 0.497 e. The van der Waals surface area contributed by atoms with E-state index in [1.165, 1.54) is 0 Å². The average Bonchev–Trinajstić information content (AvgIpc) is 2.73. The van der Waals surface area contributed by atoms with Crippen molar-refractivity contribution in [2.24, 2.45) is 5.10 Å². The van der Waals surface area contributed by atoms with Crippen LogP contribution < -0.4 is 15.5 Å². The van der Waals surface area contributed by atoms with Crippen LogP contribution in [0.1, 0.15) is 28.8 Å². The van der Waals surface area contributed by atoms with Crippen LogP contribution in [0.5, 0.6) is 5.75 Å². The van der Waals surface area contributed by atoms with Crippen molar-refractivity contribution < 1.29 is 23.9 Å². The second-order valence-electron chi connectivity index (χ2n) is 6.05. The quantitative estimate of drug-likeness (QED) is 0.747. The van der Waals surface area contributed by atoms with Gasteiger partial charge in [0, 0.05) is 24.1 Å².